The number of nitrogens with one attached hydrogen (secondary N) is 4. The monoisotopic (exact) mass is 690 g/mol. The molecule has 2 aliphatic carbocycles. The average molecular weight is 691 g/mol. The van der Waals surface area contributed by atoms with E-state index in [1.54, 1.807) is 10.7 Å². The number of allylic oxidation sites excluding steroid dienone is 1. The Hall–Kier alpha value is -5.17. The molecular weight excluding hydrogens is 661 g/mol. The van der Waals surface area contributed by atoms with E-state index in [4.69, 9.17) is 0 Å². The van der Waals surface area contributed by atoms with Crippen LogP contribution in [0.2, 0.25) is 0 Å². The van der Waals surface area contributed by atoms with Gasteiger partial charge in [-0.1, -0.05) is 18.3 Å². The fourth-order valence-corrected chi connectivity index (χ4v) is 5.79. The van der Waals surface area contributed by atoms with Gasteiger partial charge in [-0.3, -0.25) is 19.7 Å². The molecule has 248 valence electrons. The molecule has 0 radical (unpaired) electrons. The first-order valence-electron chi connectivity index (χ1n) is 15.0. The van der Waals surface area contributed by atoms with Gasteiger partial charge in [0.2, 0.25) is 33.5 Å². The number of thioether (sulfide) groups is 1. The molecule has 0 bridgehead atoms. The van der Waals surface area contributed by atoms with Gasteiger partial charge >= 0.3 is 0 Å². The Kier molecular flexibility index (Phi) is 7.94. The maximum atomic E-state index is 11.9. The van der Waals surface area contributed by atoms with E-state index < -0.39 is 15.7 Å². The second-order valence-electron chi connectivity index (χ2n) is 11.7. The summed E-state index contributed by atoms with van der Waals surface area (Å²) in [5.41, 5.74) is 4.05. The van der Waals surface area contributed by atoms with Crippen molar-refractivity contribution in [2.45, 2.75) is 60.9 Å². The summed E-state index contributed by atoms with van der Waals surface area (Å²) in [4.78, 5) is 51.7. The van der Waals surface area contributed by atoms with Crippen molar-refractivity contribution >= 4 is 74.7 Å². The van der Waals surface area contributed by atoms with Crippen LogP contribution in [0.5, 0.6) is 0 Å². The van der Waals surface area contributed by atoms with Gasteiger partial charge in [0.25, 0.3) is 11.1 Å². The van der Waals surface area contributed by atoms with E-state index in [-0.39, 0.29) is 46.6 Å². The summed E-state index contributed by atoms with van der Waals surface area (Å²) in [5, 5.41) is 20.4. The number of aromatic nitrogens is 8. The number of amides is 3. The highest BCUT2D eigenvalue weighted by Gasteiger charge is 2.28. The molecule has 0 aromatic carbocycles. The normalized spacial score (nSPS) is 19.6. The lowest BCUT2D eigenvalue weighted by molar-refractivity contribution is -0.124. The average Bonchev–Trinajstić information content (AvgIpc) is 3.89. The predicted octanol–water partition coefficient (Wildman–Crippen LogP) is 1.37. The highest BCUT2D eigenvalue weighted by molar-refractivity contribution is 7.98. The molecule has 2 saturated heterocycles. The zero-order chi connectivity index (χ0) is 33.7. The molecule has 0 spiro atoms. The second kappa shape index (κ2) is 12.1. The number of hydrogen-bond donors (Lipinski definition) is 4. The number of nitrogens with zero attached hydrogens (tertiary/aromatic N) is 8. The van der Waals surface area contributed by atoms with Crippen LogP contribution in [0.4, 0.5) is 11.9 Å². The zero-order valence-electron chi connectivity index (χ0n) is 25.8. The largest absolute Gasteiger partial charge is 0.351 e. The number of rotatable bonds is 8. The Morgan fingerprint density at radius 1 is 0.833 bits per heavy atom. The molecule has 4 aliphatic rings. The van der Waals surface area contributed by atoms with Crippen molar-refractivity contribution in [2.24, 2.45) is 0 Å². The molecule has 17 nitrogen and oxygen atoms in total. The Morgan fingerprint density at radius 2 is 1.38 bits per heavy atom. The summed E-state index contributed by atoms with van der Waals surface area (Å²) in [6.45, 7) is 3.87. The van der Waals surface area contributed by atoms with Crippen molar-refractivity contribution in [1.82, 2.24) is 49.8 Å². The number of sulfone groups is 1. The van der Waals surface area contributed by atoms with Crippen LogP contribution < -0.4 is 21.3 Å². The fraction of sp³-hybridized carbons (Fsp3) is 0.345. The van der Waals surface area contributed by atoms with E-state index in [1.807, 2.05) is 12.3 Å². The van der Waals surface area contributed by atoms with Gasteiger partial charge in [0.15, 0.2) is 16.5 Å². The van der Waals surface area contributed by atoms with Gasteiger partial charge in [-0.2, -0.15) is 34.2 Å². The van der Waals surface area contributed by atoms with E-state index in [0.29, 0.717) is 34.8 Å². The predicted molar refractivity (Wildman–Crippen MR) is 175 cm³/mol. The zero-order valence-corrected chi connectivity index (χ0v) is 27.5. The smallest absolute Gasteiger partial charge is 0.254 e. The van der Waals surface area contributed by atoms with Crippen LogP contribution in [-0.2, 0) is 24.2 Å². The van der Waals surface area contributed by atoms with Crippen molar-refractivity contribution in [3.05, 3.63) is 46.9 Å². The number of carbonyl (C=O) groups excluding carboxylic acids is 3. The molecule has 0 atom stereocenters. The molecule has 2 saturated carbocycles. The van der Waals surface area contributed by atoms with Gasteiger partial charge in [0.05, 0.1) is 25.2 Å². The fourth-order valence-electron chi connectivity index (χ4n) is 4.93. The number of anilines is 2. The van der Waals surface area contributed by atoms with Crippen LogP contribution in [0.25, 0.3) is 23.4 Å². The van der Waals surface area contributed by atoms with Crippen molar-refractivity contribution in [2.75, 3.05) is 23.1 Å². The summed E-state index contributed by atoms with van der Waals surface area (Å²) >= 11 is 1.49. The van der Waals surface area contributed by atoms with E-state index in [2.05, 4.69) is 58.0 Å². The maximum Gasteiger partial charge on any atom is 0.254 e. The van der Waals surface area contributed by atoms with Gasteiger partial charge in [-0.25, -0.2) is 13.4 Å². The van der Waals surface area contributed by atoms with Crippen molar-refractivity contribution in [1.29, 1.82) is 0 Å². The molecule has 4 N–H and O–H groups in total. The van der Waals surface area contributed by atoms with E-state index in [0.717, 1.165) is 48.7 Å². The molecule has 3 amide bonds. The molecule has 48 heavy (non-hydrogen) atoms. The molecule has 0 unspecified atom stereocenters. The summed E-state index contributed by atoms with van der Waals surface area (Å²) in [6, 6.07) is 0.708. The topological polar surface area (TPSA) is 220 Å². The molecule has 6 heterocycles. The SMILES string of the molecule is C=C1NC(=O)C/C1=C\c1cnn2c(NC3CC3)nc(SC)nc12.CS(=O)(=O)c1nc(NC2CC2)n2ncc(/C=C3\CC(=O)NC3=O)c2n1. The van der Waals surface area contributed by atoms with E-state index in [9.17, 15) is 22.8 Å². The Morgan fingerprint density at radius 3 is 1.88 bits per heavy atom. The van der Waals surface area contributed by atoms with Gasteiger partial charge < -0.3 is 16.0 Å². The van der Waals surface area contributed by atoms with Crippen LogP contribution >= 0.6 is 11.8 Å². The first kappa shape index (κ1) is 31.4. The third-order valence-corrected chi connectivity index (χ3v) is 9.06. The second-order valence-corrected chi connectivity index (χ2v) is 14.4. The third kappa shape index (κ3) is 6.63. The minimum absolute atomic E-state index is 0.0340. The lowest BCUT2D eigenvalue weighted by atomic mass is 10.1. The first-order chi connectivity index (χ1) is 22.9. The minimum atomic E-state index is -3.63. The highest BCUT2D eigenvalue weighted by atomic mass is 32.2. The van der Waals surface area contributed by atoms with E-state index in [1.165, 1.54) is 28.6 Å². The molecule has 4 aromatic heterocycles. The lowest BCUT2D eigenvalue weighted by Gasteiger charge is -2.07. The van der Waals surface area contributed by atoms with Gasteiger partial charge in [-0.15, -0.1) is 0 Å². The molecule has 8 rings (SSSR count). The number of hydrogen-bond acceptors (Lipinski definition) is 14. The van der Waals surface area contributed by atoms with Crippen LogP contribution in [0.1, 0.15) is 49.7 Å². The maximum absolute atomic E-state index is 11.9. The van der Waals surface area contributed by atoms with Crippen LogP contribution in [0, 0.1) is 0 Å². The summed E-state index contributed by atoms with van der Waals surface area (Å²) in [6.07, 6.45) is 14.1. The van der Waals surface area contributed by atoms with Gasteiger partial charge in [0, 0.05) is 40.7 Å². The van der Waals surface area contributed by atoms with Crippen LogP contribution in [0.3, 0.4) is 0 Å². The van der Waals surface area contributed by atoms with Crippen LogP contribution in [-0.4, -0.2) is 89.9 Å². The van der Waals surface area contributed by atoms with Gasteiger partial charge in [0.1, 0.15) is 0 Å². The van der Waals surface area contributed by atoms with Crippen molar-refractivity contribution < 1.29 is 22.8 Å². The number of imide groups is 1. The summed E-state index contributed by atoms with van der Waals surface area (Å²) in [5.74, 6) is 0.108. The van der Waals surface area contributed by atoms with Crippen molar-refractivity contribution in [3.8, 4) is 0 Å². The van der Waals surface area contributed by atoms with Crippen molar-refractivity contribution in [3.63, 3.8) is 0 Å². The number of carbonyl (C=O) groups is 3. The highest BCUT2D eigenvalue weighted by Crippen LogP contribution is 2.28. The Balaban J connectivity index is 0.000000152. The Labute approximate surface area is 277 Å². The summed E-state index contributed by atoms with van der Waals surface area (Å²) in [7, 11) is -3.63. The van der Waals surface area contributed by atoms with Crippen LogP contribution in [0.15, 0.2) is 46.1 Å². The van der Waals surface area contributed by atoms with E-state index >= 15 is 0 Å². The molecule has 4 fully saturated rings. The quantitative estimate of drug-likeness (QED) is 0.117. The number of fused-ring (bicyclic) bond motifs is 2. The molecular formula is C29H30N12O5S2. The third-order valence-electron chi connectivity index (χ3n) is 7.67. The first-order valence-corrected chi connectivity index (χ1v) is 18.1. The molecule has 19 heteroatoms. The lowest BCUT2D eigenvalue weighted by Crippen LogP contribution is -2.19. The minimum Gasteiger partial charge on any atom is -0.351 e. The summed E-state index contributed by atoms with van der Waals surface area (Å²) < 4.78 is 26.9. The van der Waals surface area contributed by atoms with Gasteiger partial charge in [-0.05, 0) is 49.7 Å². The molecule has 2 aliphatic heterocycles. The standard InChI is InChI=1S/C15H16N6OS.C14H14N6O4S/c1-8-9(6-12(22)17-8)5-10-7-16-21-13(10)19-15(23-2)20-14(21)18-11-3-4-11;1-25(23,24)14-18-11-8(4-7-5-10(21)17-12(7)22)6-15-20(11)13(19-14)16-9-2-3-9/h5,7,11H,1,3-4,6H2,2H3,(H,17,22)(H,18,19,20);4,6,9H,2-3,5H2,1H3,(H,16,18,19)(H,17,21,22)/b9-5+;7-4+. The molecule has 4 aromatic rings. The Bertz CT molecular complexity index is 2210.